The van der Waals surface area contributed by atoms with Crippen LogP contribution in [0.1, 0.15) is 32.0 Å². The van der Waals surface area contributed by atoms with Gasteiger partial charge in [-0.2, -0.15) is 0 Å². The topological polar surface area (TPSA) is 42.0 Å². The number of carbonyl (C=O) groups is 1. The summed E-state index contributed by atoms with van der Waals surface area (Å²) in [6.07, 6.45) is 0.292. The van der Waals surface area contributed by atoms with Gasteiger partial charge in [-0.1, -0.05) is 45.0 Å². The maximum atomic E-state index is 12.4. The minimum absolute atomic E-state index is 0.0170. The summed E-state index contributed by atoms with van der Waals surface area (Å²) in [5.41, 5.74) is 2.81. The Labute approximate surface area is 150 Å². The Morgan fingerprint density at radius 2 is 1.92 bits per heavy atom. The molecular weight excluding hydrogens is 336 g/mol. The Morgan fingerprint density at radius 1 is 1.12 bits per heavy atom. The Hall–Kier alpha value is -1.98. The van der Waals surface area contributed by atoms with Gasteiger partial charge >= 0.3 is 0 Å². The number of thiazole rings is 1. The summed E-state index contributed by atoms with van der Waals surface area (Å²) in [5.74, 6) is -0.0327. The number of rotatable bonds is 4. The lowest BCUT2D eigenvalue weighted by atomic mass is 9.86. The first kappa shape index (κ1) is 16.9. The van der Waals surface area contributed by atoms with Crippen LogP contribution < -0.4 is 5.32 Å². The first-order chi connectivity index (χ1) is 11.4. The molecule has 2 aromatic heterocycles. The molecule has 0 aliphatic rings. The molecular formula is C19H20N2OS2. The van der Waals surface area contributed by atoms with Gasteiger partial charge in [0.05, 0.1) is 17.0 Å². The number of hydrogen-bond donors (Lipinski definition) is 1. The van der Waals surface area contributed by atoms with Gasteiger partial charge in [0.15, 0.2) is 0 Å². The molecule has 124 valence electrons. The molecule has 3 rings (SSSR count). The average molecular weight is 357 g/mol. The van der Waals surface area contributed by atoms with Crippen molar-refractivity contribution >= 4 is 34.3 Å². The van der Waals surface area contributed by atoms with Crippen molar-refractivity contribution in [2.24, 2.45) is 0 Å². The zero-order valence-electron chi connectivity index (χ0n) is 14.0. The second-order valence-corrected chi connectivity index (χ2v) is 8.45. The lowest BCUT2D eigenvalue weighted by Crippen LogP contribution is -2.20. The van der Waals surface area contributed by atoms with Crippen molar-refractivity contribution in [1.29, 1.82) is 0 Å². The smallest absolute Gasteiger partial charge is 0.230 e. The molecule has 0 atom stereocenters. The van der Waals surface area contributed by atoms with E-state index in [2.05, 4.69) is 37.1 Å². The number of thiophene rings is 1. The van der Waals surface area contributed by atoms with E-state index in [0.29, 0.717) is 6.42 Å². The van der Waals surface area contributed by atoms with Crippen LogP contribution in [0.4, 0.5) is 5.69 Å². The van der Waals surface area contributed by atoms with Crippen molar-refractivity contribution in [3.05, 3.63) is 58.4 Å². The molecule has 3 nitrogen and oxygen atoms in total. The number of nitrogens with zero attached hydrogens (tertiary/aromatic N) is 1. The van der Waals surface area contributed by atoms with Crippen LogP contribution in [0.25, 0.3) is 9.88 Å². The van der Waals surface area contributed by atoms with Crippen LogP contribution in [0.15, 0.2) is 47.2 Å². The fourth-order valence-corrected chi connectivity index (χ4v) is 4.14. The van der Waals surface area contributed by atoms with Gasteiger partial charge in [0, 0.05) is 11.1 Å². The maximum Gasteiger partial charge on any atom is 0.230 e. The monoisotopic (exact) mass is 356 g/mol. The molecule has 0 bridgehead atoms. The Balaban J connectivity index is 1.71. The van der Waals surface area contributed by atoms with Crippen molar-refractivity contribution in [3.8, 4) is 9.88 Å². The third kappa shape index (κ3) is 3.91. The van der Waals surface area contributed by atoms with Crippen LogP contribution in [-0.4, -0.2) is 10.9 Å². The van der Waals surface area contributed by atoms with Gasteiger partial charge < -0.3 is 5.32 Å². The lowest BCUT2D eigenvalue weighted by Gasteiger charge is -2.22. The fraction of sp³-hybridized carbons (Fsp3) is 0.263. The minimum Gasteiger partial charge on any atom is -0.325 e. The highest BCUT2D eigenvalue weighted by Gasteiger charge is 2.19. The van der Waals surface area contributed by atoms with Crippen molar-refractivity contribution in [2.45, 2.75) is 32.6 Å². The van der Waals surface area contributed by atoms with E-state index >= 15 is 0 Å². The van der Waals surface area contributed by atoms with E-state index in [1.165, 1.54) is 0 Å². The van der Waals surface area contributed by atoms with E-state index < -0.39 is 0 Å². The van der Waals surface area contributed by atoms with Gasteiger partial charge in [-0.15, -0.1) is 22.7 Å². The molecule has 0 saturated heterocycles. The molecule has 3 aromatic rings. The second-order valence-electron chi connectivity index (χ2n) is 6.64. The largest absolute Gasteiger partial charge is 0.325 e. The quantitative estimate of drug-likeness (QED) is 0.684. The third-order valence-corrected chi connectivity index (χ3v) is 5.56. The number of nitrogens with one attached hydrogen (secondary N) is 1. The standard InChI is InChI=1S/C19H20N2OS2/c1-19(2,3)14-7-4-5-8-15(14)21-17(22)11-13-12-24-18(20-13)16-9-6-10-23-16/h4-10,12H,11H2,1-3H3,(H,21,22). The number of carbonyl (C=O) groups excluding carboxylic acids is 1. The number of benzene rings is 1. The summed E-state index contributed by atoms with van der Waals surface area (Å²) in [6.45, 7) is 6.43. The van der Waals surface area contributed by atoms with Crippen molar-refractivity contribution in [2.75, 3.05) is 5.32 Å². The highest BCUT2D eigenvalue weighted by Crippen LogP contribution is 2.30. The molecule has 1 N–H and O–H groups in total. The zero-order chi connectivity index (χ0) is 17.2. The van der Waals surface area contributed by atoms with Crippen molar-refractivity contribution in [1.82, 2.24) is 4.98 Å². The molecule has 0 fully saturated rings. The first-order valence-electron chi connectivity index (χ1n) is 7.81. The fourth-order valence-electron chi connectivity index (χ4n) is 2.51. The van der Waals surface area contributed by atoms with Crippen LogP contribution in [0.2, 0.25) is 0 Å². The summed E-state index contributed by atoms with van der Waals surface area (Å²) < 4.78 is 0. The van der Waals surface area contributed by atoms with Gasteiger partial charge in [-0.05, 0) is 28.5 Å². The van der Waals surface area contributed by atoms with Gasteiger partial charge in [0.2, 0.25) is 5.91 Å². The molecule has 1 amide bonds. The summed E-state index contributed by atoms with van der Waals surface area (Å²) in [7, 11) is 0. The molecule has 0 saturated carbocycles. The van der Waals surface area contributed by atoms with Crippen LogP contribution in [0.3, 0.4) is 0 Å². The molecule has 0 unspecified atom stereocenters. The first-order valence-corrected chi connectivity index (χ1v) is 9.57. The van der Waals surface area contributed by atoms with Crippen LogP contribution in [-0.2, 0) is 16.6 Å². The van der Waals surface area contributed by atoms with Gasteiger partial charge in [0.25, 0.3) is 0 Å². The van der Waals surface area contributed by atoms with E-state index in [1.807, 2.05) is 41.1 Å². The van der Waals surface area contributed by atoms with Crippen LogP contribution >= 0.6 is 22.7 Å². The predicted molar refractivity (Wildman–Crippen MR) is 103 cm³/mol. The molecule has 0 radical (unpaired) electrons. The summed E-state index contributed by atoms with van der Waals surface area (Å²) in [5, 5.41) is 8.01. The summed E-state index contributed by atoms with van der Waals surface area (Å²) in [4.78, 5) is 18.1. The number of anilines is 1. The molecule has 0 spiro atoms. The van der Waals surface area contributed by atoms with Gasteiger partial charge in [-0.25, -0.2) is 4.98 Å². The summed E-state index contributed by atoms with van der Waals surface area (Å²) in [6, 6.07) is 12.0. The Morgan fingerprint density at radius 3 is 2.62 bits per heavy atom. The van der Waals surface area contributed by atoms with E-state index in [4.69, 9.17) is 0 Å². The van der Waals surface area contributed by atoms with Crippen LogP contribution in [0, 0.1) is 0 Å². The van der Waals surface area contributed by atoms with Gasteiger partial charge in [0.1, 0.15) is 5.01 Å². The normalized spacial score (nSPS) is 11.5. The highest BCUT2D eigenvalue weighted by molar-refractivity contribution is 7.20. The van der Waals surface area contributed by atoms with Crippen molar-refractivity contribution in [3.63, 3.8) is 0 Å². The molecule has 2 heterocycles. The molecule has 0 aliphatic heterocycles. The Bertz CT molecular complexity index is 829. The SMILES string of the molecule is CC(C)(C)c1ccccc1NC(=O)Cc1csc(-c2cccs2)n1. The van der Waals surface area contributed by atoms with E-state index in [1.54, 1.807) is 22.7 Å². The minimum atomic E-state index is -0.0327. The van der Waals surface area contributed by atoms with E-state index in [0.717, 1.165) is 26.8 Å². The van der Waals surface area contributed by atoms with Crippen molar-refractivity contribution < 1.29 is 4.79 Å². The summed E-state index contributed by atoms with van der Waals surface area (Å²) >= 11 is 3.25. The maximum absolute atomic E-state index is 12.4. The molecule has 0 aliphatic carbocycles. The van der Waals surface area contributed by atoms with Crippen LogP contribution in [0.5, 0.6) is 0 Å². The predicted octanol–water partition coefficient (Wildman–Crippen LogP) is 5.35. The third-order valence-electron chi connectivity index (χ3n) is 3.63. The van der Waals surface area contributed by atoms with Gasteiger partial charge in [-0.3, -0.25) is 4.79 Å². The highest BCUT2D eigenvalue weighted by atomic mass is 32.1. The lowest BCUT2D eigenvalue weighted by molar-refractivity contribution is -0.115. The number of para-hydroxylation sites is 1. The number of aromatic nitrogens is 1. The van der Waals surface area contributed by atoms with E-state index in [9.17, 15) is 4.79 Å². The second kappa shape index (κ2) is 6.87. The van der Waals surface area contributed by atoms with E-state index in [-0.39, 0.29) is 11.3 Å². The number of amides is 1. The molecule has 5 heteroatoms. The molecule has 24 heavy (non-hydrogen) atoms. The number of hydrogen-bond acceptors (Lipinski definition) is 4. The Kier molecular flexibility index (Phi) is 4.83. The molecule has 1 aromatic carbocycles. The average Bonchev–Trinajstić information content (AvgIpc) is 3.17. The zero-order valence-corrected chi connectivity index (χ0v) is 15.6.